The van der Waals surface area contributed by atoms with Gasteiger partial charge in [0.1, 0.15) is 5.01 Å². The molecule has 3 aromatic rings. The molecule has 4 rings (SSSR count). The number of aryl methyl sites for hydroxylation is 1. The van der Waals surface area contributed by atoms with E-state index in [0.717, 1.165) is 22.7 Å². The summed E-state index contributed by atoms with van der Waals surface area (Å²) in [7, 11) is 0. The molecule has 0 saturated carbocycles. The number of nitrogens with zero attached hydrogens (tertiary/aromatic N) is 3. The van der Waals surface area contributed by atoms with Crippen LogP contribution < -0.4 is 10.2 Å². The van der Waals surface area contributed by atoms with Crippen molar-refractivity contribution in [2.24, 2.45) is 0 Å². The first-order valence-corrected chi connectivity index (χ1v) is 9.54. The Labute approximate surface area is 160 Å². The fourth-order valence-corrected chi connectivity index (χ4v) is 4.03. The van der Waals surface area contributed by atoms with Crippen molar-refractivity contribution in [1.82, 2.24) is 10.2 Å². The molecule has 0 aliphatic carbocycles. The van der Waals surface area contributed by atoms with E-state index >= 15 is 0 Å². The molecule has 7 nitrogen and oxygen atoms in total. The monoisotopic (exact) mass is 382 g/mol. The van der Waals surface area contributed by atoms with Gasteiger partial charge in [0, 0.05) is 24.6 Å². The topological polar surface area (TPSA) is 88.3 Å². The van der Waals surface area contributed by atoms with E-state index in [9.17, 15) is 9.59 Å². The molecule has 138 valence electrons. The molecule has 1 aliphatic heterocycles. The van der Waals surface area contributed by atoms with Crippen LogP contribution in [-0.2, 0) is 11.2 Å². The predicted molar refractivity (Wildman–Crippen MR) is 102 cm³/mol. The molecule has 0 radical (unpaired) electrons. The van der Waals surface area contributed by atoms with E-state index in [-0.39, 0.29) is 23.5 Å². The summed E-state index contributed by atoms with van der Waals surface area (Å²) < 4.78 is 5.07. The number of amides is 2. The van der Waals surface area contributed by atoms with E-state index in [4.69, 9.17) is 4.42 Å². The van der Waals surface area contributed by atoms with Gasteiger partial charge >= 0.3 is 0 Å². The van der Waals surface area contributed by atoms with Crippen LogP contribution in [0.15, 0.2) is 47.1 Å². The number of nitrogens with one attached hydrogen (secondary N) is 1. The summed E-state index contributed by atoms with van der Waals surface area (Å²) in [5, 5.41) is 12.0. The number of hydrogen-bond donors (Lipinski definition) is 1. The highest BCUT2D eigenvalue weighted by atomic mass is 32.1. The minimum absolute atomic E-state index is 0.0332. The van der Waals surface area contributed by atoms with Crippen molar-refractivity contribution < 1.29 is 14.0 Å². The smallest absolute Gasteiger partial charge is 0.293 e. The molecule has 8 heteroatoms. The van der Waals surface area contributed by atoms with Crippen LogP contribution in [0.4, 0.5) is 10.8 Å². The van der Waals surface area contributed by atoms with E-state index in [1.165, 1.54) is 17.6 Å². The van der Waals surface area contributed by atoms with E-state index in [1.54, 1.807) is 12.1 Å². The summed E-state index contributed by atoms with van der Waals surface area (Å²) in [6.45, 7) is 2.65. The number of benzene rings is 1. The second-order valence-electron chi connectivity index (χ2n) is 6.26. The number of rotatable bonds is 5. The van der Waals surface area contributed by atoms with Crippen LogP contribution in [0, 0.1) is 0 Å². The molecule has 2 amide bonds. The van der Waals surface area contributed by atoms with Gasteiger partial charge in [0.15, 0.2) is 5.76 Å². The minimum atomic E-state index is -0.372. The van der Waals surface area contributed by atoms with Crippen LogP contribution in [0.2, 0.25) is 0 Å². The van der Waals surface area contributed by atoms with Crippen LogP contribution in [0.1, 0.15) is 40.4 Å². The van der Waals surface area contributed by atoms with Gasteiger partial charge in [-0.15, -0.1) is 10.2 Å². The van der Waals surface area contributed by atoms with Gasteiger partial charge in [0.2, 0.25) is 11.0 Å². The first kappa shape index (κ1) is 17.4. The number of hydrogen-bond acceptors (Lipinski definition) is 6. The van der Waals surface area contributed by atoms with Gasteiger partial charge in [-0.1, -0.05) is 36.5 Å². The number of para-hydroxylation sites is 1. The Morgan fingerprint density at radius 3 is 2.93 bits per heavy atom. The Morgan fingerprint density at radius 2 is 2.15 bits per heavy atom. The zero-order valence-corrected chi connectivity index (χ0v) is 15.5. The van der Waals surface area contributed by atoms with Crippen molar-refractivity contribution in [3.8, 4) is 0 Å². The second-order valence-corrected chi connectivity index (χ2v) is 7.27. The minimum Gasteiger partial charge on any atom is -0.459 e. The second kappa shape index (κ2) is 7.32. The molecule has 1 saturated heterocycles. The van der Waals surface area contributed by atoms with Crippen LogP contribution in [0.5, 0.6) is 0 Å². The third-order valence-corrected chi connectivity index (χ3v) is 5.54. The maximum atomic E-state index is 12.6. The van der Waals surface area contributed by atoms with Crippen molar-refractivity contribution in [2.75, 3.05) is 16.8 Å². The van der Waals surface area contributed by atoms with Crippen molar-refractivity contribution in [2.45, 2.75) is 25.7 Å². The maximum absolute atomic E-state index is 12.6. The van der Waals surface area contributed by atoms with Gasteiger partial charge in [-0.2, -0.15) is 0 Å². The number of aromatic nitrogens is 2. The zero-order valence-electron chi connectivity index (χ0n) is 14.7. The largest absolute Gasteiger partial charge is 0.459 e. The molecule has 0 spiro atoms. The third-order valence-electron chi connectivity index (χ3n) is 4.54. The third kappa shape index (κ3) is 3.48. The maximum Gasteiger partial charge on any atom is 0.293 e. The van der Waals surface area contributed by atoms with Crippen molar-refractivity contribution in [3.05, 3.63) is 59.0 Å². The molecular formula is C19H18N4O3S. The van der Waals surface area contributed by atoms with Crippen molar-refractivity contribution in [3.63, 3.8) is 0 Å². The van der Waals surface area contributed by atoms with Crippen molar-refractivity contribution >= 4 is 34.0 Å². The Bertz CT molecular complexity index is 967. The summed E-state index contributed by atoms with van der Waals surface area (Å²) >= 11 is 1.29. The lowest BCUT2D eigenvalue weighted by Crippen LogP contribution is -2.25. The first-order valence-electron chi connectivity index (χ1n) is 8.72. The quantitative estimate of drug-likeness (QED) is 0.730. The molecule has 1 N–H and O–H groups in total. The van der Waals surface area contributed by atoms with E-state index in [0.29, 0.717) is 18.1 Å². The van der Waals surface area contributed by atoms with Crippen LogP contribution in [0.25, 0.3) is 0 Å². The highest BCUT2D eigenvalue weighted by Crippen LogP contribution is 2.35. The zero-order chi connectivity index (χ0) is 18.8. The molecular weight excluding hydrogens is 364 g/mol. The van der Waals surface area contributed by atoms with Crippen LogP contribution in [0.3, 0.4) is 0 Å². The molecule has 1 aromatic carbocycles. The molecule has 0 bridgehead atoms. The summed E-state index contributed by atoms with van der Waals surface area (Å²) in [5.41, 5.74) is 2.11. The lowest BCUT2D eigenvalue weighted by Gasteiger charge is -2.19. The average molecular weight is 382 g/mol. The molecule has 2 aromatic heterocycles. The van der Waals surface area contributed by atoms with Gasteiger partial charge in [-0.05, 0) is 30.2 Å². The Morgan fingerprint density at radius 1 is 1.30 bits per heavy atom. The average Bonchev–Trinajstić information content (AvgIpc) is 3.42. The van der Waals surface area contributed by atoms with Gasteiger partial charge in [0.25, 0.3) is 5.91 Å². The van der Waals surface area contributed by atoms with Crippen molar-refractivity contribution in [1.29, 1.82) is 0 Å². The van der Waals surface area contributed by atoms with Gasteiger partial charge in [-0.25, -0.2) is 0 Å². The fraction of sp³-hybridized carbons (Fsp3) is 0.263. The van der Waals surface area contributed by atoms with E-state index < -0.39 is 0 Å². The standard InChI is InChI=1S/C19H18N4O3S/c1-2-12-6-3-4-7-14(12)23-11-13(10-16(23)24)18-21-22-19(27-18)20-17(25)15-8-5-9-26-15/h3-9,13H,2,10-11H2,1H3,(H,20,22,25)/t13-/m0/s1. The number of furan rings is 1. The van der Waals surface area contributed by atoms with E-state index in [2.05, 4.69) is 22.4 Å². The molecule has 1 atom stereocenters. The fourth-order valence-electron chi connectivity index (χ4n) is 3.20. The molecule has 1 aliphatic rings. The van der Waals surface area contributed by atoms with Gasteiger partial charge in [0.05, 0.1) is 6.26 Å². The number of anilines is 2. The summed E-state index contributed by atoms with van der Waals surface area (Å²) in [6.07, 6.45) is 2.69. The lowest BCUT2D eigenvalue weighted by molar-refractivity contribution is -0.117. The number of carbonyl (C=O) groups excluding carboxylic acids is 2. The predicted octanol–water partition coefficient (Wildman–Crippen LogP) is 3.47. The summed E-state index contributed by atoms with van der Waals surface area (Å²) in [5.74, 6) is -0.111. The van der Waals surface area contributed by atoms with Gasteiger partial charge in [-0.3, -0.25) is 14.9 Å². The SMILES string of the molecule is CCc1ccccc1N1C[C@@H](c2nnc(NC(=O)c3ccco3)s2)CC1=O. The Kier molecular flexibility index (Phi) is 4.72. The van der Waals surface area contributed by atoms with Gasteiger partial charge < -0.3 is 9.32 Å². The normalized spacial score (nSPS) is 16.7. The van der Waals surface area contributed by atoms with Crippen LogP contribution >= 0.6 is 11.3 Å². The molecule has 27 heavy (non-hydrogen) atoms. The lowest BCUT2D eigenvalue weighted by atomic mass is 10.1. The van der Waals surface area contributed by atoms with E-state index in [1.807, 2.05) is 29.2 Å². The molecule has 0 unspecified atom stereocenters. The van der Waals surface area contributed by atoms with Crippen LogP contribution in [-0.4, -0.2) is 28.6 Å². The highest BCUT2D eigenvalue weighted by molar-refractivity contribution is 7.15. The highest BCUT2D eigenvalue weighted by Gasteiger charge is 2.34. The molecule has 3 heterocycles. The first-order chi connectivity index (χ1) is 13.2. The Balaban J connectivity index is 1.48. The molecule has 1 fully saturated rings. The Hall–Kier alpha value is -3.00. The number of carbonyl (C=O) groups is 2. The summed E-state index contributed by atoms with van der Waals surface area (Å²) in [4.78, 5) is 26.4. The summed E-state index contributed by atoms with van der Waals surface area (Å²) in [6, 6.07) is 11.2.